The molecule has 1 rings (SSSR count). The minimum Gasteiger partial charge on any atom is -0.400 e. The molecule has 1 aromatic rings. The van der Waals surface area contributed by atoms with Crippen molar-refractivity contribution in [3.8, 4) is 0 Å². The first-order valence-electron chi connectivity index (χ1n) is 4.45. The Balaban J connectivity index is 2.73. The monoisotopic (exact) mass is 260 g/mol. The van der Waals surface area contributed by atoms with Gasteiger partial charge in [0.05, 0.1) is 18.8 Å². The predicted octanol–water partition coefficient (Wildman–Crippen LogP) is 1.14. The summed E-state index contributed by atoms with van der Waals surface area (Å²) >= 11 is 5.43. The maximum absolute atomic E-state index is 10.9. The summed E-state index contributed by atoms with van der Waals surface area (Å²) in [7, 11) is 0. The van der Waals surface area contributed by atoms with Gasteiger partial charge in [-0.05, 0) is 6.07 Å². The summed E-state index contributed by atoms with van der Waals surface area (Å²) in [4.78, 5) is 20.5. The molecule has 92 valence electrons. The highest BCUT2D eigenvalue weighted by Crippen LogP contribution is 2.13. The molecule has 0 bridgehead atoms. The Kier molecular flexibility index (Phi) is 4.46. The van der Waals surface area contributed by atoms with Crippen molar-refractivity contribution in [2.24, 2.45) is 10.8 Å². The van der Waals surface area contributed by atoms with E-state index in [1.54, 1.807) is 0 Å². The van der Waals surface area contributed by atoms with Crippen molar-refractivity contribution >= 4 is 29.7 Å². The third-order valence-electron chi connectivity index (χ3n) is 1.67. The smallest absolute Gasteiger partial charge is 0.400 e. The summed E-state index contributed by atoms with van der Waals surface area (Å²) in [5.41, 5.74) is 5.02. The maximum atomic E-state index is 10.9. The number of hydrogen-bond donors (Lipinski definition) is 1. The number of nitro groups is 1. The Bertz CT molecular complexity index is 444. The summed E-state index contributed by atoms with van der Waals surface area (Å²) in [5, 5.41) is 14.9. The summed E-state index contributed by atoms with van der Waals surface area (Å²) < 4.78 is 4.79. The summed E-state index contributed by atoms with van der Waals surface area (Å²) in [6, 6.07) is 1.75. The van der Waals surface area contributed by atoms with Crippen LogP contribution in [0.25, 0.3) is 0 Å². The van der Waals surface area contributed by atoms with E-state index < -0.39 is 16.8 Å². The van der Waals surface area contributed by atoms with E-state index in [1.165, 1.54) is 12.1 Å². The standard InChI is InChI=1S/C8H9ClN4O4/c9-3-4-12(8(10)14)11-5-6-1-2-7(17-6)13(15)16/h1-2,5H,3-4H2,(H2,10,14)/b11-5+. The second kappa shape index (κ2) is 5.85. The molecule has 0 aliphatic heterocycles. The van der Waals surface area contributed by atoms with Gasteiger partial charge >= 0.3 is 11.9 Å². The van der Waals surface area contributed by atoms with Crippen molar-refractivity contribution in [2.45, 2.75) is 0 Å². The van der Waals surface area contributed by atoms with Crippen LogP contribution < -0.4 is 5.73 Å². The molecule has 2 N–H and O–H groups in total. The van der Waals surface area contributed by atoms with E-state index in [4.69, 9.17) is 21.8 Å². The van der Waals surface area contributed by atoms with Crippen molar-refractivity contribution in [1.82, 2.24) is 5.01 Å². The van der Waals surface area contributed by atoms with Crippen molar-refractivity contribution < 1.29 is 14.1 Å². The van der Waals surface area contributed by atoms with E-state index in [-0.39, 0.29) is 18.2 Å². The number of halogens is 1. The van der Waals surface area contributed by atoms with Crippen LogP contribution in [0.1, 0.15) is 5.76 Å². The average molecular weight is 261 g/mol. The van der Waals surface area contributed by atoms with E-state index in [2.05, 4.69) is 5.10 Å². The zero-order valence-electron chi connectivity index (χ0n) is 8.58. The molecule has 17 heavy (non-hydrogen) atoms. The van der Waals surface area contributed by atoms with Gasteiger partial charge in [0, 0.05) is 5.88 Å². The number of hydrogen-bond acceptors (Lipinski definition) is 5. The number of nitrogens with two attached hydrogens (primary N) is 1. The number of carbonyl (C=O) groups excluding carboxylic acids is 1. The largest absolute Gasteiger partial charge is 0.433 e. The topological polar surface area (TPSA) is 115 Å². The zero-order chi connectivity index (χ0) is 12.8. The van der Waals surface area contributed by atoms with Gasteiger partial charge in [0.25, 0.3) is 0 Å². The Morgan fingerprint density at radius 2 is 2.41 bits per heavy atom. The third-order valence-corrected chi connectivity index (χ3v) is 1.84. The lowest BCUT2D eigenvalue weighted by Gasteiger charge is -2.10. The van der Waals surface area contributed by atoms with E-state index in [0.29, 0.717) is 0 Å². The Morgan fingerprint density at radius 1 is 1.71 bits per heavy atom. The van der Waals surface area contributed by atoms with Crippen LogP contribution in [0.15, 0.2) is 21.7 Å². The van der Waals surface area contributed by atoms with E-state index in [1.807, 2.05) is 0 Å². The van der Waals surface area contributed by atoms with Crippen LogP contribution in [-0.2, 0) is 0 Å². The molecular weight excluding hydrogens is 252 g/mol. The van der Waals surface area contributed by atoms with Gasteiger partial charge in [0.1, 0.15) is 4.92 Å². The molecule has 2 amide bonds. The van der Waals surface area contributed by atoms with Gasteiger partial charge in [-0.25, -0.2) is 9.80 Å². The number of amides is 2. The number of urea groups is 1. The van der Waals surface area contributed by atoms with Crippen molar-refractivity contribution in [3.63, 3.8) is 0 Å². The molecular formula is C8H9ClN4O4. The minimum atomic E-state index is -0.775. The summed E-state index contributed by atoms with van der Waals surface area (Å²) in [5.74, 6) is -0.106. The summed E-state index contributed by atoms with van der Waals surface area (Å²) in [6.07, 6.45) is 1.14. The molecule has 0 radical (unpaired) electrons. The molecule has 0 saturated heterocycles. The fraction of sp³-hybridized carbons (Fsp3) is 0.250. The molecule has 9 heteroatoms. The molecule has 1 aromatic heterocycles. The van der Waals surface area contributed by atoms with Crippen LogP contribution in [0.3, 0.4) is 0 Å². The highest BCUT2D eigenvalue weighted by Gasteiger charge is 2.11. The van der Waals surface area contributed by atoms with Crippen molar-refractivity contribution in [3.05, 3.63) is 28.0 Å². The molecule has 0 aliphatic carbocycles. The highest BCUT2D eigenvalue weighted by molar-refractivity contribution is 6.18. The van der Waals surface area contributed by atoms with Gasteiger partial charge in [-0.1, -0.05) is 0 Å². The predicted molar refractivity (Wildman–Crippen MR) is 60.0 cm³/mol. The lowest BCUT2D eigenvalue weighted by Crippen LogP contribution is -2.32. The molecule has 1 heterocycles. The maximum Gasteiger partial charge on any atom is 0.433 e. The quantitative estimate of drug-likeness (QED) is 0.370. The van der Waals surface area contributed by atoms with Gasteiger partial charge in [0.2, 0.25) is 0 Å². The zero-order valence-corrected chi connectivity index (χ0v) is 9.33. The van der Waals surface area contributed by atoms with Crippen LogP contribution in [0.2, 0.25) is 0 Å². The normalized spacial score (nSPS) is 10.6. The van der Waals surface area contributed by atoms with E-state index in [9.17, 15) is 14.9 Å². The van der Waals surface area contributed by atoms with Gasteiger partial charge in [-0.15, -0.1) is 11.6 Å². The Hall–Kier alpha value is -2.09. The van der Waals surface area contributed by atoms with Gasteiger partial charge < -0.3 is 10.2 Å². The first kappa shape index (κ1) is 13.0. The van der Waals surface area contributed by atoms with Gasteiger partial charge in [-0.2, -0.15) is 5.10 Å². The van der Waals surface area contributed by atoms with Crippen LogP contribution >= 0.6 is 11.6 Å². The molecule has 0 atom stereocenters. The van der Waals surface area contributed by atoms with Crippen molar-refractivity contribution in [1.29, 1.82) is 0 Å². The Labute approximate surface area is 101 Å². The SMILES string of the molecule is NC(=O)N(CCCl)/N=C/c1ccc([N+](=O)[O-])o1. The van der Waals surface area contributed by atoms with Crippen LogP contribution in [0.4, 0.5) is 10.7 Å². The molecule has 0 aliphatic rings. The average Bonchev–Trinajstić information content (AvgIpc) is 2.72. The second-order valence-electron chi connectivity index (χ2n) is 2.83. The van der Waals surface area contributed by atoms with Crippen LogP contribution in [0.5, 0.6) is 0 Å². The van der Waals surface area contributed by atoms with Gasteiger partial charge in [-0.3, -0.25) is 10.1 Å². The number of furan rings is 1. The molecule has 0 aromatic carbocycles. The molecule has 0 fully saturated rings. The lowest BCUT2D eigenvalue weighted by atomic mass is 10.5. The lowest BCUT2D eigenvalue weighted by molar-refractivity contribution is -0.402. The first-order valence-corrected chi connectivity index (χ1v) is 4.99. The molecule has 0 unspecified atom stereocenters. The third kappa shape index (κ3) is 3.76. The number of primary amides is 1. The summed E-state index contributed by atoms with van der Waals surface area (Å²) in [6.45, 7) is 0.135. The Morgan fingerprint density at radius 3 is 2.88 bits per heavy atom. The first-order chi connectivity index (χ1) is 8.04. The van der Waals surface area contributed by atoms with Crippen LogP contribution in [-0.4, -0.2) is 34.6 Å². The van der Waals surface area contributed by atoms with E-state index >= 15 is 0 Å². The van der Waals surface area contributed by atoms with Crippen molar-refractivity contribution in [2.75, 3.05) is 12.4 Å². The fourth-order valence-electron chi connectivity index (χ4n) is 0.941. The van der Waals surface area contributed by atoms with E-state index in [0.717, 1.165) is 11.2 Å². The minimum absolute atomic E-state index is 0.135. The number of hydrazone groups is 1. The highest BCUT2D eigenvalue weighted by atomic mass is 35.5. The number of nitrogens with zero attached hydrogens (tertiary/aromatic N) is 3. The van der Waals surface area contributed by atoms with Crippen LogP contribution in [0, 0.1) is 10.1 Å². The second-order valence-corrected chi connectivity index (χ2v) is 3.21. The fourth-order valence-corrected chi connectivity index (χ4v) is 1.10. The molecule has 8 nitrogen and oxygen atoms in total. The molecule has 0 saturated carbocycles. The number of alkyl halides is 1. The number of rotatable bonds is 5. The van der Waals surface area contributed by atoms with Gasteiger partial charge in [0.15, 0.2) is 5.76 Å². The number of carbonyl (C=O) groups is 1. The molecule has 0 spiro atoms.